The fourth-order valence-corrected chi connectivity index (χ4v) is 0.950. The van der Waals surface area contributed by atoms with Crippen LogP contribution in [0.4, 0.5) is 0 Å². The van der Waals surface area contributed by atoms with E-state index in [2.05, 4.69) is 5.32 Å². The molecule has 0 bridgehead atoms. The van der Waals surface area contributed by atoms with Gasteiger partial charge in [-0.05, 0) is 19.0 Å². The summed E-state index contributed by atoms with van der Waals surface area (Å²) in [5, 5.41) is 2.66. The maximum absolute atomic E-state index is 10.9. The Hall–Kier alpha value is -0.790. The van der Waals surface area contributed by atoms with Gasteiger partial charge in [-0.2, -0.15) is 0 Å². The maximum Gasteiger partial charge on any atom is 0.227 e. The van der Waals surface area contributed by atoms with E-state index in [0.717, 1.165) is 12.8 Å². The Kier molecular flexibility index (Phi) is 1.88. The minimum Gasteiger partial charge on any atom is -0.333 e. The zero-order valence-electron chi connectivity index (χ0n) is 5.55. The van der Waals surface area contributed by atoms with Gasteiger partial charge in [0, 0.05) is 5.92 Å². The van der Waals surface area contributed by atoms with Crippen LogP contribution in [-0.2, 0) is 4.79 Å². The Bertz CT molecular complexity index is 140. The van der Waals surface area contributed by atoms with Crippen LogP contribution in [0.15, 0.2) is 12.3 Å². The van der Waals surface area contributed by atoms with Crippen LogP contribution in [-0.4, -0.2) is 5.91 Å². The zero-order chi connectivity index (χ0) is 6.69. The summed E-state index contributed by atoms with van der Waals surface area (Å²) < 4.78 is 0. The molecule has 1 N–H and O–H groups in total. The van der Waals surface area contributed by atoms with Crippen molar-refractivity contribution in [2.75, 3.05) is 0 Å². The van der Waals surface area contributed by atoms with Crippen molar-refractivity contribution in [3.05, 3.63) is 12.3 Å². The van der Waals surface area contributed by atoms with E-state index in [1.54, 1.807) is 6.20 Å². The highest BCUT2D eigenvalue weighted by Gasteiger charge is 2.15. The monoisotopic (exact) mass is 125 g/mol. The van der Waals surface area contributed by atoms with Gasteiger partial charge in [0.25, 0.3) is 0 Å². The lowest BCUT2D eigenvalue weighted by Crippen LogP contribution is -2.28. The molecule has 1 amide bonds. The van der Waals surface area contributed by atoms with Crippen LogP contribution < -0.4 is 5.32 Å². The first-order valence-electron chi connectivity index (χ1n) is 3.30. The number of rotatable bonds is 1. The van der Waals surface area contributed by atoms with Gasteiger partial charge in [0.1, 0.15) is 0 Å². The second-order valence-corrected chi connectivity index (χ2v) is 2.25. The Morgan fingerprint density at radius 2 is 2.67 bits per heavy atom. The number of carbonyl (C=O) groups excluding carboxylic acids is 1. The topological polar surface area (TPSA) is 29.1 Å². The van der Waals surface area contributed by atoms with E-state index < -0.39 is 0 Å². The quantitative estimate of drug-likeness (QED) is 0.557. The molecule has 0 aliphatic carbocycles. The summed E-state index contributed by atoms with van der Waals surface area (Å²) in [5.41, 5.74) is 0. The van der Waals surface area contributed by atoms with E-state index in [9.17, 15) is 4.79 Å². The number of carbonyl (C=O) groups is 1. The first-order valence-corrected chi connectivity index (χ1v) is 3.30. The largest absolute Gasteiger partial charge is 0.333 e. The minimum absolute atomic E-state index is 0.167. The van der Waals surface area contributed by atoms with Gasteiger partial charge in [-0.15, -0.1) is 0 Å². The summed E-state index contributed by atoms with van der Waals surface area (Å²) >= 11 is 0. The van der Waals surface area contributed by atoms with Crippen molar-refractivity contribution in [3.63, 3.8) is 0 Å². The summed E-state index contributed by atoms with van der Waals surface area (Å²) in [6.45, 7) is 2.03. The molecule has 1 aliphatic rings. The van der Waals surface area contributed by atoms with Gasteiger partial charge in [0.05, 0.1) is 0 Å². The van der Waals surface area contributed by atoms with E-state index in [1.807, 2.05) is 13.0 Å². The third kappa shape index (κ3) is 1.31. The fourth-order valence-electron chi connectivity index (χ4n) is 0.950. The van der Waals surface area contributed by atoms with Gasteiger partial charge in [0.2, 0.25) is 5.91 Å². The number of hydrogen-bond acceptors (Lipinski definition) is 1. The van der Waals surface area contributed by atoms with Crippen LogP contribution in [0.25, 0.3) is 0 Å². The predicted molar refractivity (Wildman–Crippen MR) is 35.7 cm³/mol. The minimum atomic E-state index is 0.167. The average Bonchev–Trinajstić information content (AvgIpc) is 1.89. The van der Waals surface area contributed by atoms with Crippen LogP contribution in [0.5, 0.6) is 0 Å². The van der Waals surface area contributed by atoms with Crippen LogP contribution in [0, 0.1) is 5.92 Å². The Morgan fingerprint density at radius 1 is 1.89 bits per heavy atom. The first kappa shape index (κ1) is 6.33. The number of allylic oxidation sites excluding steroid dienone is 1. The van der Waals surface area contributed by atoms with Crippen molar-refractivity contribution in [2.45, 2.75) is 19.8 Å². The van der Waals surface area contributed by atoms with Crippen molar-refractivity contribution in [2.24, 2.45) is 5.92 Å². The van der Waals surface area contributed by atoms with Gasteiger partial charge in [0.15, 0.2) is 0 Å². The highest BCUT2D eigenvalue weighted by molar-refractivity contribution is 5.80. The number of nitrogens with one attached hydrogen (secondary N) is 1. The first-order chi connectivity index (χ1) is 4.34. The maximum atomic E-state index is 10.9. The lowest BCUT2D eigenvalue weighted by atomic mass is 10.00. The lowest BCUT2D eigenvalue weighted by molar-refractivity contribution is -0.124. The smallest absolute Gasteiger partial charge is 0.227 e. The van der Waals surface area contributed by atoms with Crippen molar-refractivity contribution in [3.8, 4) is 0 Å². The van der Waals surface area contributed by atoms with E-state index in [1.165, 1.54) is 0 Å². The molecule has 1 rings (SSSR count). The van der Waals surface area contributed by atoms with E-state index in [4.69, 9.17) is 0 Å². The molecule has 0 aromatic rings. The molecule has 0 saturated carbocycles. The number of amides is 1. The SMILES string of the molecule is CCC1CC=CNC1=O. The van der Waals surface area contributed by atoms with Crippen LogP contribution >= 0.6 is 0 Å². The molecule has 9 heavy (non-hydrogen) atoms. The highest BCUT2D eigenvalue weighted by atomic mass is 16.1. The third-order valence-electron chi connectivity index (χ3n) is 1.63. The van der Waals surface area contributed by atoms with Crippen LogP contribution in [0.1, 0.15) is 19.8 Å². The molecule has 0 aromatic carbocycles. The van der Waals surface area contributed by atoms with Crippen molar-refractivity contribution in [1.29, 1.82) is 0 Å². The van der Waals surface area contributed by atoms with Crippen molar-refractivity contribution in [1.82, 2.24) is 5.32 Å². The Morgan fingerprint density at radius 3 is 3.11 bits per heavy atom. The van der Waals surface area contributed by atoms with Crippen molar-refractivity contribution < 1.29 is 4.79 Å². The molecular weight excluding hydrogens is 114 g/mol. The molecule has 2 nitrogen and oxygen atoms in total. The normalized spacial score (nSPS) is 25.9. The Labute approximate surface area is 54.9 Å². The fraction of sp³-hybridized carbons (Fsp3) is 0.571. The second kappa shape index (κ2) is 2.67. The molecular formula is C7H11NO. The molecule has 1 atom stereocenters. The zero-order valence-corrected chi connectivity index (χ0v) is 5.55. The molecule has 0 aromatic heterocycles. The predicted octanol–water partition coefficient (Wildman–Crippen LogP) is 1.05. The van der Waals surface area contributed by atoms with E-state index in [-0.39, 0.29) is 11.8 Å². The summed E-state index contributed by atoms with van der Waals surface area (Å²) in [6.07, 6.45) is 5.56. The summed E-state index contributed by atoms with van der Waals surface area (Å²) in [5.74, 6) is 0.384. The molecule has 0 radical (unpaired) electrons. The molecule has 2 heteroatoms. The molecule has 0 fully saturated rings. The highest BCUT2D eigenvalue weighted by Crippen LogP contribution is 2.11. The standard InChI is InChI=1S/C7H11NO/c1-2-6-4-3-5-8-7(6)9/h3,5-6H,2,4H2,1H3,(H,8,9). The molecule has 50 valence electrons. The van der Waals surface area contributed by atoms with Crippen LogP contribution in [0.2, 0.25) is 0 Å². The third-order valence-corrected chi connectivity index (χ3v) is 1.63. The molecule has 1 aliphatic heterocycles. The van der Waals surface area contributed by atoms with Crippen molar-refractivity contribution >= 4 is 5.91 Å². The lowest BCUT2D eigenvalue weighted by Gasteiger charge is -2.14. The molecule has 1 unspecified atom stereocenters. The van der Waals surface area contributed by atoms with E-state index >= 15 is 0 Å². The Balaban J connectivity index is 2.53. The average molecular weight is 125 g/mol. The summed E-state index contributed by atoms with van der Waals surface area (Å²) in [6, 6.07) is 0. The summed E-state index contributed by atoms with van der Waals surface area (Å²) in [7, 11) is 0. The van der Waals surface area contributed by atoms with E-state index in [0.29, 0.717) is 0 Å². The van der Waals surface area contributed by atoms with Gasteiger partial charge in [-0.1, -0.05) is 13.0 Å². The van der Waals surface area contributed by atoms with Crippen LogP contribution in [0.3, 0.4) is 0 Å². The second-order valence-electron chi connectivity index (χ2n) is 2.25. The van der Waals surface area contributed by atoms with Gasteiger partial charge < -0.3 is 5.32 Å². The van der Waals surface area contributed by atoms with Gasteiger partial charge in [-0.25, -0.2) is 0 Å². The molecule has 0 saturated heterocycles. The van der Waals surface area contributed by atoms with Gasteiger partial charge >= 0.3 is 0 Å². The van der Waals surface area contributed by atoms with Gasteiger partial charge in [-0.3, -0.25) is 4.79 Å². The molecule has 0 spiro atoms. The summed E-state index contributed by atoms with van der Waals surface area (Å²) in [4.78, 5) is 10.9. The number of hydrogen-bond donors (Lipinski definition) is 1. The molecule has 1 heterocycles.